The van der Waals surface area contributed by atoms with Gasteiger partial charge in [0.2, 0.25) is 0 Å². The maximum absolute atomic E-state index is 7.97. The van der Waals surface area contributed by atoms with Crippen molar-refractivity contribution in [3.05, 3.63) is 40.0 Å². The second kappa shape index (κ2) is 4.81. The maximum Gasteiger partial charge on any atom is 0.113 e. The Balaban J connectivity index is 2.66. The van der Waals surface area contributed by atoms with E-state index >= 15 is 0 Å². The van der Waals surface area contributed by atoms with Gasteiger partial charge in [0, 0.05) is 11.1 Å². The summed E-state index contributed by atoms with van der Waals surface area (Å²) in [6.45, 7) is 2.15. The Bertz CT molecular complexity index is 376. The minimum atomic E-state index is 0.187. The van der Waals surface area contributed by atoms with Gasteiger partial charge in [0.05, 0.1) is 6.54 Å². The number of aryl methyl sites for hydroxylation is 1. The number of hydrogen-bond acceptors (Lipinski definition) is 2. The number of rotatable bonds is 1. The molecule has 0 aliphatic rings. The van der Waals surface area contributed by atoms with Crippen molar-refractivity contribution in [3.8, 4) is 11.8 Å². The Labute approximate surface area is 76.2 Å². The molecule has 1 rings (SSSR count). The summed E-state index contributed by atoms with van der Waals surface area (Å²) in [4.78, 5) is 6.65. The summed E-state index contributed by atoms with van der Waals surface area (Å²) in [5.74, 6) is 5.47. The van der Waals surface area contributed by atoms with Gasteiger partial charge in [0.15, 0.2) is 0 Å². The van der Waals surface area contributed by atoms with Gasteiger partial charge in [-0.25, -0.2) is 4.98 Å². The first kappa shape index (κ1) is 9.11. The molecule has 0 bridgehead atoms. The van der Waals surface area contributed by atoms with Crippen molar-refractivity contribution in [3.63, 3.8) is 0 Å². The lowest BCUT2D eigenvalue weighted by Gasteiger charge is -1.89. The van der Waals surface area contributed by atoms with Crippen LogP contribution < -0.4 is 0 Å². The van der Waals surface area contributed by atoms with Crippen LogP contribution in [0.25, 0.3) is 10.4 Å². The first-order valence-electron chi connectivity index (χ1n) is 3.75. The van der Waals surface area contributed by atoms with Gasteiger partial charge < -0.3 is 0 Å². The second-order valence-corrected chi connectivity index (χ2v) is 2.41. The van der Waals surface area contributed by atoms with Crippen molar-refractivity contribution in [1.29, 1.82) is 0 Å². The third kappa shape index (κ3) is 3.28. The molecule has 0 aliphatic heterocycles. The van der Waals surface area contributed by atoms with Crippen molar-refractivity contribution in [2.45, 2.75) is 6.92 Å². The molecule has 4 nitrogen and oxygen atoms in total. The largest absolute Gasteiger partial charge is 0.248 e. The molecule has 0 amide bonds. The fourth-order valence-electron chi connectivity index (χ4n) is 0.739. The van der Waals surface area contributed by atoms with Crippen LogP contribution in [0.5, 0.6) is 0 Å². The zero-order chi connectivity index (χ0) is 9.52. The van der Waals surface area contributed by atoms with Crippen molar-refractivity contribution in [1.82, 2.24) is 4.98 Å². The smallest absolute Gasteiger partial charge is 0.113 e. The van der Waals surface area contributed by atoms with E-state index in [9.17, 15) is 0 Å². The van der Waals surface area contributed by atoms with E-state index in [1.807, 2.05) is 19.1 Å². The Morgan fingerprint density at radius 1 is 1.62 bits per heavy atom. The Morgan fingerprint density at radius 2 is 2.46 bits per heavy atom. The maximum atomic E-state index is 7.97. The minimum absolute atomic E-state index is 0.187. The van der Waals surface area contributed by atoms with Crippen LogP contribution in [-0.4, -0.2) is 11.5 Å². The molecule has 13 heavy (non-hydrogen) atoms. The monoisotopic (exact) mass is 172 g/mol. The zero-order valence-electron chi connectivity index (χ0n) is 7.23. The Kier molecular flexibility index (Phi) is 3.37. The molecule has 1 heterocycles. The van der Waals surface area contributed by atoms with Gasteiger partial charge in [-0.15, -0.1) is 0 Å². The van der Waals surface area contributed by atoms with Crippen LogP contribution in [0.4, 0.5) is 0 Å². The molecule has 0 unspecified atom stereocenters. The van der Waals surface area contributed by atoms with E-state index in [1.165, 1.54) is 0 Å². The SMILES string of the molecule is Cc1ccc(C#CCN=[N+]=[N-])nc1. The molecule has 0 saturated heterocycles. The quantitative estimate of drug-likeness (QED) is 0.277. The topological polar surface area (TPSA) is 61.7 Å². The molecule has 0 spiro atoms. The number of azide groups is 1. The van der Waals surface area contributed by atoms with Gasteiger partial charge in [-0.2, -0.15) is 0 Å². The highest BCUT2D eigenvalue weighted by Gasteiger charge is 1.85. The number of hydrogen-bond donors (Lipinski definition) is 0. The average Bonchev–Trinajstić information content (AvgIpc) is 2.15. The summed E-state index contributed by atoms with van der Waals surface area (Å²) in [5.41, 5.74) is 9.77. The molecule has 4 heteroatoms. The number of pyridine rings is 1. The third-order valence-corrected chi connectivity index (χ3v) is 1.34. The van der Waals surface area contributed by atoms with Gasteiger partial charge in [-0.05, 0) is 30.0 Å². The molecule has 0 aliphatic carbocycles. The standard InChI is InChI=1S/C9H8N4/c1-8-4-5-9(11-7-8)3-2-6-12-13-10/h4-5,7H,6H2,1H3. The average molecular weight is 172 g/mol. The predicted octanol–water partition coefficient (Wildman–Crippen LogP) is 2.05. The molecule has 0 aromatic carbocycles. The summed E-state index contributed by atoms with van der Waals surface area (Å²) >= 11 is 0. The fourth-order valence-corrected chi connectivity index (χ4v) is 0.739. The van der Waals surface area contributed by atoms with Crippen molar-refractivity contribution in [2.24, 2.45) is 5.11 Å². The molecular weight excluding hydrogens is 164 g/mol. The van der Waals surface area contributed by atoms with Gasteiger partial charge in [0.25, 0.3) is 0 Å². The van der Waals surface area contributed by atoms with E-state index in [1.54, 1.807) is 6.20 Å². The van der Waals surface area contributed by atoms with E-state index in [-0.39, 0.29) is 6.54 Å². The molecule has 1 aromatic heterocycles. The molecule has 1 aromatic rings. The van der Waals surface area contributed by atoms with E-state index in [2.05, 4.69) is 26.9 Å². The molecule has 0 radical (unpaired) electrons. The zero-order valence-corrected chi connectivity index (χ0v) is 7.23. The van der Waals surface area contributed by atoms with E-state index in [0.29, 0.717) is 5.69 Å². The van der Waals surface area contributed by atoms with Crippen LogP contribution in [0.15, 0.2) is 23.4 Å². The fraction of sp³-hybridized carbons (Fsp3) is 0.222. The molecular formula is C9H8N4. The molecule has 0 atom stereocenters. The summed E-state index contributed by atoms with van der Waals surface area (Å²) in [5, 5.41) is 3.28. The number of nitrogens with zero attached hydrogens (tertiary/aromatic N) is 4. The van der Waals surface area contributed by atoms with Crippen molar-refractivity contribution < 1.29 is 0 Å². The lowest BCUT2D eigenvalue weighted by Crippen LogP contribution is -1.82. The highest BCUT2D eigenvalue weighted by atomic mass is 15.1. The van der Waals surface area contributed by atoms with Gasteiger partial charge in [0.1, 0.15) is 5.69 Å². The molecule has 64 valence electrons. The highest BCUT2D eigenvalue weighted by Crippen LogP contribution is 1.95. The van der Waals surface area contributed by atoms with Gasteiger partial charge >= 0.3 is 0 Å². The number of aromatic nitrogens is 1. The van der Waals surface area contributed by atoms with Crippen LogP contribution in [0, 0.1) is 18.8 Å². The summed E-state index contributed by atoms with van der Waals surface area (Å²) < 4.78 is 0. The molecule has 0 N–H and O–H groups in total. The molecule has 0 saturated carbocycles. The molecule has 0 fully saturated rings. The third-order valence-electron chi connectivity index (χ3n) is 1.34. The second-order valence-electron chi connectivity index (χ2n) is 2.41. The Hall–Kier alpha value is -1.98. The Morgan fingerprint density at radius 3 is 3.08 bits per heavy atom. The normalized spacial score (nSPS) is 8.08. The summed E-state index contributed by atoms with van der Waals surface area (Å²) in [6, 6.07) is 3.77. The first-order chi connectivity index (χ1) is 6.33. The van der Waals surface area contributed by atoms with E-state index in [4.69, 9.17) is 5.53 Å². The van der Waals surface area contributed by atoms with Crippen LogP contribution in [0.3, 0.4) is 0 Å². The van der Waals surface area contributed by atoms with Gasteiger partial charge in [-0.1, -0.05) is 17.1 Å². The van der Waals surface area contributed by atoms with Crippen LogP contribution >= 0.6 is 0 Å². The van der Waals surface area contributed by atoms with E-state index in [0.717, 1.165) is 5.56 Å². The van der Waals surface area contributed by atoms with Crippen LogP contribution in [0.2, 0.25) is 0 Å². The van der Waals surface area contributed by atoms with Gasteiger partial charge in [-0.3, -0.25) is 0 Å². The van der Waals surface area contributed by atoms with Crippen molar-refractivity contribution in [2.75, 3.05) is 6.54 Å². The van der Waals surface area contributed by atoms with Crippen LogP contribution in [-0.2, 0) is 0 Å². The first-order valence-corrected chi connectivity index (χ1v) is 3.75. The van der Waals surface area contributed by atoms with Crippen molar-refractivity contribution >= 4 is 0 Å². The summed E-state index contributed by atoms with van der Waals surface area (Å²) in [7, 11) is 0. The lowest BCUT2D eigenvalue weighted by atomic mass is 10.3. The highest BCUT2D eigenvalue weighted by molar-refractivity contribution is 5.28. The predicted molar refractivity (Wildman–Crippen MR) is 49.9 cm³/mol. The minimum Gasteiger partial charge on any atom is -0.248 e. The summed E-state index contributed by atoms with van der Waals surface area (Å²) in [6.07, 6.45) is 1.75. The lowest BCUT2D eigenvalue weighted by molar-refractivity contribution is 1.22. The van der Waals surface area contributed by atoms with Crippen LogP contribution in [0.1, 0.15) is 11.3 Å². The van der Waals surface area contributed by atoms with E-state index < -0.39 is 0 Å².